The fourth-order valence-corrected chi connectivity index (χ4v) is 3.19. The SMILES string of the molecule is CC(=O)Nc1ccc2c(c1)COC2=C1C(=O)Nc2ccc(Cl)cc21. The molecule has 0 aliphatic carbocycles. The van der Waals surface area contributed by atoms with Gasteiger partial charge in [-0.1, -0.05) is 11.6 Å². The van der Waals surface area contributed by atoms with E-state index in [2.05, 4.69) is 10.6 Å². The van der Waals surface area contributed by atoms with Crippen molar-refractivity contribution in [2.45, 2.75) is 13.5 Å². The van der Waals surface area contributed by atoms with Gasteiger partial charge in [0.25, 0.3) is 5.91 Å². The highest BCUT2D eigenvalue weighted by molar-refractivity contribution is 6.38. The molecule has 0 unspecified atom stereocenters. The third kappa shape index (κ3) is 2.34. The van der Waals surface area contributed by atoms with Crippen molar-refractivity contribution >= 4 is 46.1 Å². The summed E-state index contributed by atoms with van der Waals surface area (Å²) in [5.74, 6) is 0.199. The Morgan fingerprint density at radius 2 is 2.04 bits per heavy atom. The number of amides is 2. The first-order valence-corrected chi connectivity index (χ1v) is 7.80. The first-order chi connectivity index (χ1) is 11.5. The van der Waals surface area contributed by atoms with Crippen LogP contribution in [-0.4, -0.2) is 11.8 Å². The number of anilines is 2. The van der Waals surface area contributed by atoms with Crippen LogP contribution in [0.3, 0.4) is 0 Å². The summed E-state index contributed by atoms with van der Waals surface area (Å²) in [6.07, 6.45) is 0. The van der Waals surface area contributed by atoms with Crippen molar-refractivity contribution < 1.29 is 14.3 Å². The predicted molar refractivity (Wildman–Crippen MR) is 92.4 cm³/mol. The smallest absolute Gasteiger partial charge is 0.260 e. The van der Waals surface area contributed by atoms with Gasteiger partial charge in [-0.25, -0.2) is 0 Å². The second kappa shape index (κ2) is 5.39. The zero-order chi connectivity index (χ0) is 16.8. The van der Waals surface area contributed by atoms with E-state index in [-0.39, 0.29) is 11.8 Å². The van der Waals surface area contributed by atoms with Gasteiger partial charge in [0.15, 0.2) is 0 Å². The Morgan fingerprint density at radius 1 is 1.21 bits per heavy atom. The van der Waals surface area contributed by atoms with Crippen molar-refractivity contribution in [1.29, 1.82) is 0 Å². The molecule has 2 aromatic carbocycles. The van der Waals surface area contributed by atoms with Gasteiger partial charge in [-0.3, -0.25) is 9.59 Å². The van der Waals surface area contributed by atoms with Crippen molar-refractivity contribution in [3.8, 4) is 0 Å². The van der Waals surface area contributed by atoms with Crippen LogP contribution in [0.5, 0.6) is 0 Å². The van der Waals surface area contributed by atoms with E-state index < -0.39 is 0 Å². The molecule has 2 N–H and O–H groups in total. The van der Waals surface area contributed by atoms with Crippen LogP contribution >= 0.6 is 11.6 Å². The lowest BCUT2D eigenvalue weighted by Gasteiger charge is -2.06. The highest BCUT2D eigenvalue weighted by Gasteiger charge is 2.32. The van der Waals surface area contributed by atoms with Gasteiger partial charge in [-0.15, -0.1) is 0 Å². The Hall–Kier alpha value is -2.79. The number of ether oxygens (including phenoxy) is 1. The minimum Gasteiger partial charge on any atom is -0.487 e. The van der Waals surface area contributed by atoms with Gasteiger partial charge >= 0.3 is 0 Å². The fraction of sp³-hybridized carbons (Fsp3) is 0.111. The topological polar surface area (TPSA) is 67.4 Å². The van der Waals surface area contributed by atoms with Crippen LogP contribution in [0.2, 0.25) is 5.02 Å². The van der Waals surface area contributed by atoms with Gasteiger partial charge in [0, 0.05) is 40.0 Å². The lowest BCUT2D eigenvalue weighted by molar-refractivity contribution is -0.114. The maximum absolute atomic E-state index is 12.4. The Balaban J connectivity index is 1.83. The molecule has 2 aliphatic heterocycles. The largest absolute Gasteiger partial charge is 0.487 e. The summed E-state index contributed by atoms with van der Waals surface area (Å²) in [6, 6.07) is 10.8. The minimum atomic E-state index is -0.207. The van der Waals surface area contributed by atoms with Crippen LogP contribution in [0.1, 0.15) is 23.6 Å². The van der Waals surface area contributed by atoms with E-state index in [9.17, 15) is 9.59 Å². The number of benzene rings is 2. The number of nitrogens with one attached hydrogen (secondary N) is 2. The monoisotopic (exact) mass is 340 g/mol. The van der Waals surface area contributed by atoms with Crippen molar-refractivity contribution in [2.24, 2.45) is 0 Å². The van der Waals surface area contributed by atoms with Gasteiger partial charge < -0.3 is 15.4 Å². The van der Waals surface area contributed by atoms with Crippen LogP contribution in [0, 0.1) is 0 Å². The molecule has 0 spiro atoms. The average molecular weight is 341 g/mol. The zero-order valence-corrected chi connectivity index (χ0v) is 13.5. The van der Waals surface area contributed by atoms with Crippen LogP contribution in [0.25, 0.3) is 11.3 Å². The highest BCUT2D eigenvalue weighted by Crippen LogP contribution is 2.42. The molecule has 6 heteroatoms. The lowest BCUT2D eigenvalue weighted by Crippen LogP contribution is -2.06. The molecule has 2 aromatic rings. The molecular formula is C18H13ClN2O3. The molecule has 0 bridgehead atoms. The molecular weight excluding hydrogens is 328 g/mol. The molecule has 0 saturated heterocycles. The first kappa shape index (κ1) is 14.8. The van der Waals surface area contributed by atoms with E-state index in [0.29, 0.717) is 28.6 Å². The predicted octanol–water partition coefficient (Wildman–Crippen LogP) is 3.65. The Labute approximate surface area is 143 Å². The van der Waals surface area contributed by atoms with Crippen LogP contribution < -0.4 is 10.6 Å². The van der Waals surface area contributed by atoms with E-state index in [0.717, 1.165) is 22.4 Å². The second-order valence-electron chi connectivity index (χ2n) is 5.69. The minimum absolute atomic E-state index is 0.133. The number of rotatable bonds is 1. The van der Waals surface area contributed by atoms with Crippen molar-refractivity contribution in [2.75, 3.05) is 10.6 Å². The van der Waals surface area contributed by atoms with E-state index in [4.69, 9.17) is 16.3 Å². The van der Waals surface area contributed by atoms with E-state index >= 15 is 0 Å². The zero-order valence-electron chi connectivity index (χ0n) is 12.8. The molecule has 120 valence electrons. The number of hydrogen-bond acceptors (Lipinski definition) is 3. The Morgan fingerprint density at radius 3 is 2.83 bits per heavy atom. The number of carbonyl (C=O) groups is 2. The molecule has 2 heterocycles. The summed E-state index contributed by atoms with van der Waals surface area (Å²) >= 11 is 6.07. The van der Waals surface area contributed by atoms with Gasteiger partial charge in [-0.2, -0.15) is 0 Å². The summed E-state index contributed by atoms with van der Waals surface area (Å²) in [4.78, 5) is 23.6. The normalized spacial score (nSPS) is 17.8. The van der Waals surface area contributed by atoms with E-state index in [1.807, 2.05) is 12.1 Å². The molecule has 0 aromatic heterocycles. The lowest BCUT2D eigenvalue weighted by atomic mass is 10.00. The molecule has 0 saturated carbocycles. The van der Waals surface area contributed by atoms with Crippen molar-refractivity contribution in [3.05, 3.63) is 58.1 Å². The summed E-state index contributed by atoms with van der Waals surface area (Å²) in [5, 5.41) is 6.13. The van der Waals surface area contributed by atoms with Crippen LogP contribution in [0.4, 0.5) is 11.4 Å². The van der Waals surface area contributed by atoms with Gasteiger partial charge in [0.1, 0.15) is 12.4 Å². The average Bonchev–Trinajstić information content (AvgIpc) is 3.06. The molecule has 5 nitrogen and oxygen atoms in total. The molecule has 24 heavy (non-hydrogen) atoms. The third-order valence-corrected chi connectivity index (χ3v) is 4.23. The standard InChI is InChI=1S/C18H13ClN2O3/c1-9(22)20-12-3-4-13-10(6-12)8-24-17(13)16-14-7-11(19)2-5-15(14)21-18(16)23/h2-7H,8H2,1H3,(H,20,22)(H,21,23). The number of fused-ring (bicyclic) bond motifs is 2. The molecule has 0 fully saturated rings. The molecule has 0 radical (unpaired) electrons. The number of carbonyl (C=O) groups excluding carboxylic acids is 2. The van der Waals surface area contributed by atoms with Gasteiger partial charge in [-0.05, 0) is 36.4 Å². The molecule has 0 atom stereocenters. The Kier molecular flexibility index (Phi) is 3.32. The third-order valence-electron chi connectivity index (χ3n) is 4.00. The second-order valence-corrected chi connectivity index (χ2v) is 6.13. The molecule has 2 aliphatic rings. The van der Waals surface area contributed by atoms with Gasteiger partial charge in [0.2, 0.25) is 5.91 Å². The summed E-state index contributed by atoms with van der Waals surface area (Å²) in [6.45, 7) is 1.81. The summed E-state index contributed by atoms with van der Waals surface area (Å²) < 4.78 is 5.80. The first-order valence-electron chi connectivity index (χ1n) is 7.42. The number of hydrogen-bond donors (Lipinski definition) is 2. The summed E-state index contributed by atoms with van der Waals surface area (Å²) in [7, 11) is 0. The highest BCUT2D eigenvalue weighted by atomic mass is 35.5. The number of halogens is 1. The van der Waals surface area contributed by atoms with E-state index in [1.165, 1.54) is 6.92 Å². The summed E-state index contributed by atoms with van der Waals surface area (Å²) in [5.41, 5.74) is 4.42. The van der Waals surface area contributed by atoms with Crippen molar-refractivity contribution in [3.63, 3.8) is 0 Å². The van der Waals surface area contributed by atoms with Gasteiger partial charge in [0.05, 0.1) is 5.57 Å². The fourth-order valence-electron chi connectivity index (χ4n) is 3.02. The maximum atomic E-state index is 12.4. The molecule has 2 amide bonds. The van der Waals surface area contributed by atoms with Crippen molar-refractivity contribution in [1.82, 2.24) is 0 Å². The Bertz CT molecular complexity index is 934. The quantitative estimate of drug-likeness (QED) is 0.779. The molecule has 4 rings (SSSR count). The van der Waals surface area contributed by atoms with Crippen LogP contribution in [-0.2, 0) is 20.9 Å². The maximum Gasteiger partial charge on any atom is 0.260 e. The van der Waals surface area contributed by atoms with Crippen LogP contribution in [0.15, 0.2) is 36.4 Å². The van der Waals surface area contributed by atoms with E-state index in [1.54, 1.807) is 24.3 Å².